The molecule has 1 aliphatic rings. The van der Waals surface area contributed by atoms with Crippen molar-refractivity contribution in [3.05, 3.63) is 78.0 Å². The fourth-order valence-electron chi connectivity index (χ4n) is 3.66. The monoisotopic (exact) mass is 433 g/mol. The molecule has 4 N–H and O–H groups in total. The van der Waals surface area contributed by atoms with E-state index < -0.39 is 5.66 Å². The first-order chi connectivity index (χ1) is 15.6. The molecule has 166 valence electrons. The van der Waals surface area contributed by atoms with E-state index in [0.717, 1.165) is 16.9 Å². The molecule has 2 heterocycles. The van der Waals surface area contributed by atoms with E-state index in [0.29, 0.717) is 42.8 Å². The van der Waals surface area contributed by atoms with Crippen LogP contribution < -0.4 is 30.6 Å². The predicted molar refractivity (Wildman–Crippen MR) is 124 cm³/mol. The van der Waals surface area contributed by atoms with Crippen LogP contribution in [0.25, 0.3) is 0 Å². The SMILES string of the molecule is COc1ccc(CC2(N)NC(=NCCOc3ccccc3)Nc3ncccc32)cc1OC. The predicted octanol–water partition coefficient (Wildman–Crippen LogP) is 2.90. The van der Waals surface area contributed by atoms with Crippen LogP contribution in [0.3, 0.4) is 0 Å². The summed E-state index contributed by atoms with van der Waals surface area (Å²) >= 11 is 0. The molecular weight excluding hydrogens is 406 g/mol. The molecule has 0 bridgehead atoms. The van der Waals surface area contributed by atoms with Gasteiger partial charge in [0.2, 0.25) is 0 Å². The summed E-state index contributed by atoms with van der Waals surface area (Å²) < 4.78 is 16.5. The second-order valence-corrected chi connectivity index (χ2v) is 7.38. The Morgan fingerprint density at radius 3 is 2.59 bits per heavy atom. The molecule has 1 unspecified atom stereocenters. The Balaban J connectivity index is 1.52. The van der Waals surface area contributed by atoms with Gasteiger partial charge in [-0.1, -0.05) is 30.3 Å². The van der Waals surface area contributed by atoms with Crippen molar-refractivity contribution in [1.82, 2.24) is 10.3 Å². The molecule has 32 heavy (non-hydrogen) atoms. The van der Waals surface area contributed by atoms with E-state index in [4.69, 9.17) is 19.9 Å². The summed E-state index contributed by atoms with van der Waals surface area (Å²) in [6, 6.07) is 19.3. The number of aromatic nitrogens is 1. The number of nitrogens with one attached hydrogen (secondary N) is 2. The van der Waals surface area contributed by atoms with Gasteiger partial charge in [-0.2, -0.15) is 0 Å². The van der Waals surface area contributed by atoms with Crippen LogP contribution in [0.4, 0.5) is 5.82 Å². The number of methoxy groups -OCH3 is 2. The molecule has 0 aliphatic carbocycles. The molecule has 0 saturated carbocycles. The highest BCUT2D eigenvalue weighted by molar-refractivity contribution is 5.96. The lowest BCUT2D eigenvalue weighted by Gasteiger charge is -2.38. The highest BCUT2D eigenvalue weighted by Gasteiger charge is 2.36. The summed E-state index contributed by atoms with van der Waals surface area (Å²) in [4.78, 5) is 9.06. The highest BCUT2D eigenvalue weighted by atomic mass is 16.5. The van der Waals surface area contributed by atoms with Crippen LogP contribution in [0.15, 0.2) is 71.9 Å². The molecule has 1 aromatic heterocycles. The molecule has 0 fully saturated rings. The summed E-state index contributed by atoms with van der Waals surface area (Å²) in [6.45, 7) is 0.901. The van der Waals surface area contributed by atoms with Crippen LogP contribution in [0.1, 0.15) is 11.1 Å². The molecule has 1 atom stereocenters. The Kier molecular flexibility index (Phi) is 6.42. The van der Waals surface area contributed by atoms with E-state index in [2.05, 4.69) is 20.6 Å². The number of aliphatic imine (C=N–C) groups is 1. The van der Waals surface area contributed by atoms with E-state index in [-0.39, 0.29) is 0 Å². The number of pyridine rings is 1. The minimum absolute atomic E-state index is 0.444. The van der Waals surface area contributed by atoms with Crippen LogP contribution in [0.2, 0.25) is 0 Å². The number of hydrogen-bond acceptors (Lipinski definition) is 6. The Hall–Kier alpha value is -3.78. The molecule has 4 rings (SSSR count). The van der Waals surface area contributed by atoms with Crippen molar-refractivity contribution in [3.8, 4) is 17.2 Å². The first-order valence-corrected chi connectivity index (χ1v) is 10.3. The van der Waals surface area contributed by atoms with Gasteiger partial charge < -0.3 is 30.6 Å². The standard InChI is InChI=1S/C24H27N5O3/c1-30-20-11-10-17(15-21(20)31-2)16-24(25)19-9-6-12-26-22(19)28-23(29-24)27-13-14-32-18-7-4-3-5-8-18/h3-12,15H,13-14,16,25H2,1-2H3,(H2,26,27,28,29). The van der Waals surface area contributed by atoms with Crippen molar-refractivity contribution < 1.29 is 14.2 Å². The second-order valence-electron chi connectivity index (χ2n) is 7.38. The van der Waals surface area contributed by atoms with Crippen molar-refractivity contribution in [1.29, 1.82) is 0 Å². The Bertz CT molecular complexity index is 1090. The first-order valence-electron chi connectivity index (χ1n) is 10.3. The number of rotatable bonds is 8. The van der Waals surface area contributed by atoms with Gasteiger partial charge in [0.15, 0.2) is 17.5 Å². The summed E-state index contributed by atoms with van der Waals surface area (Å²) in [5.41, 5.74) is 7.81. The normalized spacial score (nSPS) is 18.3. The Labute approximate surface area is 187 Å². The third-order valence-corrected chi connectivity index (χ3v) is 5.17. The lowest BCUT2D eigenvalue weighted by Crippen LogP contribution is -2.59. The van der Waals surface area contributed by atoms with Crippen LogP contribution >= 0.6 is 0 Å². The van der Waals surface area contributed by atoms with Crippen LogP contribution in [0.5, 0.6) is 17.2 Å². The minimum Gasteiger partial charge on any atom is -0.493 e. The van der Waals surface area contributed by atoms with Gasteiger partial charge in [0, 0.05) is 18.2 Å². The van der Waals surface area contributed by atoms with Crippen molar-refractivity contribution in [2.45, 2.75) is 12.1 Å². The molecule has 0 radical (unpaired) electrons. The number of guanidine groups is 1. The van der Waals surface area contributed by atoms with Gasteiger partial charge in [-0.25, -0.2) is 9.98 Å². The topological polar surface area (TPSA) is 103 Å². The third kappa shape index (κ3) is 4.76. The van der Waals surface area contributed by atoms with Gasteiger partial charge in [-0.3, -0.25) is 0 Å². The average molecular weight is 434 g/mol. The Morgan fingerprint density at radius 2 is 1.81 bits per heavy atom. The number of fused-ring (bicyclic) bond motifs is 1. The van der Waals surface area contributed by atoms with Crippen molar-refractivity contribution in [2.24, 2.45) is 10.7 Å². The largest absolute Gasteiger partial charge is 0.493 e. The fourth-order valence-corrected chi connectivity index (χ4v) is 3.66. The van der Waals surface area contributed by atoms with E-state index >= 15 is 0 Å². The number of benzene rings is 2. The number of anilines is 1. The zero-order valence-electron chi connectivity index (χ0n) is 18.2. The van der Waals surface area contributed by atoms with Crippen LogP contribution in [-0.4, -0.2) is 38.3 Å². The van der Waals surface area contributed by atoms with Gasteiger partial charge in [0.1, 0.15) is 23.8 Å². The van der Waals surface area contributed by atoms with Crippen molar-refractivity contribution in [2.75, 3.05) is 32.7 Å². The van der Waals surface area contributed by atoms with E-state index in [1.54, 1.807) is 20.4 Å². The maximum Gasteiger partial charge on any atom is 0.198 e. The maximum absolute atomic E-state index is 6.88. The van der Waals surface area contributed by atoms with Crippen LogP contribution in [-0.2, 0) is 12.1 Å². The second kappa shape index (κ2) is 9.57. The van der Waals surface area contributed by atoms with Gasteiger partial charge in [0.05, 0.1) is 20.8 Å². The fraction of sp³-hybridized carbons (Fsp3) is 0.250. The number of nitrogens with two attached hydrogens (primary N) is 1. The highest BCUT2D eigenvalue weighted by Crippen LogP contribution is 2.33. The molecule has 8 nitrogen and oxygen atoms in total. The summed E-state index contributed by atoms with van der Waals surface area (Å²) in [5, 5.41) is 6.57. The molecular formula is C24H27N5O3. The quantitative estimate of drug-likeness (QED) is 0.469. The van der Waals surface area contributed by atoms with Crippen molar-refractivity contribution in [3.63, 3.8) is 0 Å². The lowest BCUT2D eigenvalue weighted by molar-refractivity contribution is 0.327. The number of nitrogens with zero attached hydrogens (tertiary/aromatic N) is 2. The zero-order chi connectivity index (χ0) is 22.4. The van der Waals surface area contributed by atoms with Gasteiger partial charge in [-0.15, -0.1) is 0 Å². The molecule has 8 heteroatoms. The number of hydrogen-bond donors (Lipinski definition) is 3. The minimum atomic E-state index is -0.909. The maximum atomic E-state index is 6.88. The third-order valence-electron chi connectivity index (χ3n) is 5.17. The molecule has 1 aliphatic heterocycles. The average Bonchev–Trinajstić information content (AvgIpc) is 2.82. The molecule has 0 spiro atoms. The van der Waals surface area contributed by atoms with Gasteiger partial charge >= 0.3 is 0 Å². The van der Waals surface area contributed by atoms with E-state index in [9.17, 15) is 0 Å². The number of ether oxygens (including phenoxy) is 3. The Morgan fingerprint density at radius 1 is 1.00 bits per heavy atom. The number of para-hydroxylation sites is 1. The summed E-state index contributed by atoms with van der Waals surface area (Å²) in [6.07, 6.45) is 2.22. The summed E-state index contributed by atoms with van der Waals surface area (Å²) in [7, 11) is 3.23. The zero-order valence-corrected chi connectivity index (χ0v) is 18.2. The van der Waals surface area contributed by atoms with E-state index in [1.807, 2.05) is 60.7 Å². The van der Waals surface area contributed by atoms with Crippen molar-refractivity contribution >= 4 is 11.8 Å². The smallest absolute Gasteiger partial charge is 0.198 e. The first kappa shape index (κ1) is 21.5. The molecule has 2 aromatic carbocycles. The molecule has 0 saturated heterocycles. The molecule has 0 amide bonds. The lowest BCUT2D eigenvalue weighted by atomic mass is 9.91. The summed E-state index contributed by atoms with van der Waals surface area (Å²) in [5.74, 6) is 3.36. The van der Waals surface area contributed by atoms with Crippen LogP contribution in [0, 0.1) is 0 Å². The van der Waals surface area contributed by atoms with Gasteiger partial charge in [0.25, 0.3) is 0 Å². The molecule has 3 aromatic rings. The van der Waals surface area contributed by atoms with E-state index in [1.165, 1.54) is 0 Å². The van der Waals surface area contributed by atoms with Gasteiger partial charge in [-0.05, 0) is 35.9 Å².